The van der Waals surface area contributed by atoms with Crippen molar-refractivity contribution in [3.63, 3.8) is 0 Å². The molecule has 0 radical (unpaired) electrons. The van der Waals surface area contributed by atoms with E-state index in [1.165, 1.54) is 12.1 Å². The molecule has 0 atom stereocenters. The van der Waals surface area contributed by atoms with Gasteiger partial charge in [0.1, 0.15) is 5.75 Å². The third kappa shape index (κ3) is 4.60. The van der Waals surface area contributed by atoms with Crippen LogP contribution in [-0.4, -0.2) is 30.0 Å². The molecule has 0 aliphatic heterocycles. The number of benzene rings is 1. The summed E-state index contributed by atoms with van der Waals surface area (Å²) >= 11 is 0. The first-order chi connectivity index (χ1) is 9.43. The van der Waals surface area contributed by atoms with E-state index in [2.05, 4.69) is 5.32 Å². The minimum Gasteiger partial charge on any atom is -0.481 e. The lowest BCUT2D eigenvalue weighted by atomic mass is 10.1. The minimum absolute atomic E-state index is 0.0434. The van der Waals surface area contributed by atoms with Crippen molar-refractivity contribution < 1.29 is 24.2 Å². The van der Waals surface area contributed by atoms with Crippen LogP contribution >= 0.6 is 0 Å². The number of ether oxygens (including phenoxy) is 1. The second-order valence-electron chi connectivity index (χ2n) is 4.05. The summed E-state index contributed by atoms with van der Waals surface area (Å²) in [5.74, 6) is -2.23. The maximum absolute atomic E-state index is 11.5. The van der Waals surface area contributed by atoms with E-state index in [-0.39, 0.29) is 30.6 Å². The third-order valence-corrected chi connectivity index (χ3v) is 2.53. The Kier molecular flexibility index (Phi) is 5.52. The topological polar surface area (TPSA) is 119 Å². The molecule has 0 aliphatic rings. The molecule has 0 saturated heterocycles. The van der Waals surface area contributed by atoms with Crippen molar-refractivity contribution >= 4 is 23.5 Å². The SMILES string of the molecule is CNc1ccc(OC(=O)CCCC(=O)O)c(C(N)=O)c1. The molecule has 4 N–H and O–H groups in total. The number of aliphatic carboxylic acids is 1. The van der Waals surface area contributed by atoms with Crippen LogP contribution in [0.2, 0.25) is 0 Å². The number of primary amides is 1. The largest absolute Gasteiger partial charge is 0.481 e. The van der Waals surface area contributed by atoms with Crippen LogP contribution in [0.1, 0.15) is 29.6 Å². The highest BCUT2D eigenvalue weighted by Crippen LogP contribution is 2.23. The number of nitrogens with one attached hydrogen (secondary N) is 1. The van der Waals surface area contributed by atoms with E-state index in [0.717, 1.165) is 0 Å². The molecule has 7 heteroatoms. The summed E-state index contributed by atoms with van der Waals surface area (Å²) < 4.78 is 5.03. The number of carboxylic acids is 1. The predicted octanol–water partition coefficient (Wildman–Crippen LogP) is 0.987. The molecule has 0 spiro atoms. The van der Waals surface area contributed by atoms with Gasteiger partial charge in [0.15, 0.2) is 0 Å². The van der Waals surface area contributed by atoms with Gasteiger partial charge in [-0.25, -0.2) is 0 Å². The summed E-state index contributed by atoms with van der Waals surface area (Å²) in [4.78, 5) is 33.2. The zero-order valence-corrected chi connectivity index (χ0v) is 11.0. The summed E-state index contributed by atoms with van der Waals surface area (Å²) in [5.41, 5.74) is 5.96. The first-order valence-corrected chi connectivity index (χ1v) is 5.98. The van der Waals surface area contributed by atoms with Gasteiger partial charge in [-0.15, -0.1) is 0 Å². The van der Waals surface area contributed by atoms with Crippen LogP contribution in [0.3, 0.4) is 0 Å². The van der Waals surface area contributed by atoms with Crippen molar-refractivity contribution in [2.24, 2.45) is 5.73 Å². The summed E-state index contributed by atoms with van der Waals surface area (Å²) in [7, 11) is 1.68. The molecule has 1 rings (SSSR count). The van der Waals surface area contributed by atoms with Crippen LogP contribution in [-0.2, 0) is 9.59 Å². The van der Waals surface area contributed by atoms with Gasteiger partial charge in [0.05, 0.1) is 5.56 Å². The van der Waals surface area contributed by atoms with Crippen LogP contribution < -0.4 is 15.8 Å². The highest BCUT2D eigenvalue weighted by atomic mass is 16.5. The summed E-state index contributed by atoms with van der Waals surface area (Å²) in [5, 5.41) is 11.3. The standard InChI is InChI=1S/C13H16N2O5/c1-15-8-5-6-10(9(7-8)13(14)19)20-12(18)4-2-3-11(16)17/h5-7,15H,2-4H2,1H3,(H2,14,19)(H,16,17). The van der Waals surface area contributed by atoms with E-state index in [4.69, 9.17) is 15.6 Å². The molecular formula is C13H16N2O5. The number of hydrogen-bond acceptors (Lipinski definition) is 5. The molecule has 0 aromatic heterocycles. The molecule has 0 unspecified atom stereocenters. The zero-order chi connectivity index (χ0) is 15.1. The van der Waals surface area contributed by atoms with Crippen molar-refractivity contribution in [3.05, 3.63) is 23.8 Å². The van der Waals surface area contributed by atoms with Gasteiger partial charge in [0.2, 0.25) is 0 Å². The number of nitrogens with two attached hydrogens (primary N) is 1. The quantitative estimate of drug-likeness (QED) is 0.506. The van der Waals surface area contributed by atoms with Crippen LogP contribution in [0.5, 0.6) is 5.75 Å². The molecule has 108 valence electrons. The van der Waals surface area contributed by atoms with Crippen LogP contribution in [0.4, 0.5) is 5.69 Å². The molecule has 0 fully saturated rings. The first kappa shape index (κ1) is 15.5. The molecule has 1 aromatic carbocycles. The van der Waals surface area contributed by atoms with Crippen molar-refractivity contribution in [1.29, 1.82) is 0 Å². The fraction of sp³-hybridized carbons (Fsp3) is 0.308. The van der Waals surface area contributed by atoms with Gasteiger partial charge >= 0.3 is 11.9 Å². The fourth-order valence-electron chi connectivity index (χ4n) is 1.52. The number of hydrogen-bond donors (Lipinski definition) is 3. The van der Waals surface area contributed by atoms with E-state index >= 15 is 0 Å². The molecule has 20 heavy (non-hydrogen) atoms. The van der Waals surface area contributed by atoms with E-state index in [9.17, 15) is 14.4 Å². The van der Waals surface area contributed by atoms with Gasteiger partial charge in [-0.05, 0) is 24.6 Å². The monoisotopic (exact) mass is 280 g/mol. The average Bonchev–Trinajstić information content (AvgIpc) is 2.38. The molecular weight excluding hydrogens is 264 g/mol. The summed E-state index contributed by atoms with van der Waals surface area (Å²) in [6.45, 7) is 0. The smallest absolute Gasteiger partial charge is 0.311 e. The van der Waals surface area contributed by atoms with Gasteiger partial charge in [0, 0.05) is 25.6 Å². The van der Waals surface area contributed by atoms with Crippen molar-refractivity contribution in [2.45, 2.75) is 19.3 Å². The Morgan fingerprint density at radius 2 is 2.00 bits per heavy atom. The average molecular weight is 280 g/mol. The molecule has 7 nitrogen and oxygen atoms in total. The number of amides is 1. The molecule has 1 amide bonds. The minimum atomic E-state index is -0.978. The summed E-state index contributed by atoms with van der Waals surface area (Å²) in [6, 6.07) is 4.57. The number of anilines is 1. The highest BCUT2D eigenvalue weighted by molar-refractivity contribution is 5.97. The van der Waals surface area contributed by atoms with E-state index in [1.807, 2.05) is 0 Å². The molecule has 0 bridgehead atoms. The Balaban J connectivity index is 2.73. The normalized spacial score (nSPS) is 9.85. The molecule has 0 heterocycles. The van der Waals surface area contributed by atoms with Crippen molar-refractivity contribution in [2.75, 3.05) is 12.4 Å². The Morgan fingerprint density at radius 1 is 1.30 bits per heavy atom. The fourth-order valence-corrected chi connectivity index (χ4v) is 1.52. The number of carboxylic acid groups (broad SMARTS) is 1. The number of rotatable bonds is 7. The Labute approximate surface area is 115 Å². The molecule has 0 aliphatic carbocycles. The second kappa shape index (κ2) is 7.13. The number of carbonyl (C=O) groups is 3. The first-order valence-electron chi connectivity index (χ1n) is 5.98. The maximum atomic E-state index is 11.5. The van der Waals surface area contributed by atoms with Gasteiger partial charge in [-0.1, -0.05) is 0 Å². The lowest BCUT2D eigenvalue weighted by Crippen LogP contribution is -2.16. The van der Waals surface area contributed by atoms with Gasteiger partial charge < -0.3 is 20.9 Å². The second-order valence-corrected chi connectivity index (χ2v) is 4.05. The maximum Gasteiger partial charge on any atom is 0.311 e. The molecule has 0 saturated carbocycles. The van der Waals surface area contributed by atoms with Gasteiger partial charge in [-0.2, -0.15) is 0 Å². The van der Waals surface area contributed by atoms with E-state index < -0.39 is 17.8 Å². The Morgan fingerprint density at radius 3 is 2.55 bits per heavy atom. The van der Waals surface area contributed by atoms with Crippen LogP contribution in [0, 0.1) is 0 Å². The summed E-state index contributed by atoms with van der Waals surface area (Å²) in [6.07, 6.45) is 0.0173. The Hall–Kier alpha value is -2.57. The lowest BCUT2D eigenvalue weighted by Gasteiger charge is -2.09. The van der Waals surface area contributed by atoms with Gasteiger partial charge in [0.25, 0.3) is 5.91 Å². The third-order valence-electron chi connectivity index (χ3n) is 2.53. The van der Waals surface area contributed by atoms with E-state index in [1.54, 1.807) is 13.1 Å². The van der Waals surface area contributed by atoms with Crippen LogP contribution in [0.15, 0.2) is 18.2 Å². The van der Waals surface area contributed by atoms with Gasteiger partial charge in [-0.3, -0.25) is 14.4 Å². The van der Waals surface area contributed by atoms with E-state index in [0.29, 0.717) is 5.69 Å². The predicted molar refractivity (Wildman–Crippen MR) is 71.6 cm³/mol. The number of carbonyl (C=O) groups excluding carboxylic acids is 2. The zero-order valence-electron chi connectivity index (χ0n) is 11.0. The molecule has 1 aromatic rings. The van der Waals surface area contributed by atoms with Crippen molar-refractivity contribution in [3.8, 4) is 5.75 Å². The lowest BCUT2D eigenvalue weighted by molar-refractivity contribution is -0.137. The highest BCUT2D eigenvalue weighted by Gasteiger charge is 2.14. The van der Waals surface area contributed by atoms with Crippen molar-refractivity contribution in [1.82, 2.24) is 0 Å². The number of esters is 1. The van der Waals surface area contributed by atoms with Crippen LogP contribution in [0.25, 0.3) is 0 Å². The Bertz CT molecular complexity index is 527.